The van der Waals surface area contributed by atoms with Gasteiger partial charge in [0.25, 0.3) is 0 Å². The molecule has 0 spiro atoms. The summed E-state index contributed by atoms with van der Waals surface area (Å²) in [6.45, 7) is 7.13. The van der Waals surface area contributed by atoms with Crippen LogP contribution in [0.2, 0.25) is 0 Å². The van der Waals surface area contributed by atoms with E-state index in [4.69, 9.17) is 9.15 Å². The predicted octanol–water partition coefficient (Wildman–Crippen LogP) is 1.97. The van der Waals surface area contributed by atoms with E-state index in [2.05, 4.69) is 19.2 Å². The summed E-state index contributed by atoms with van der Waals surface area (Å²) in [5.74, 6) is 0. The van der Waals surface area contributed by atoms with Crippen LogP contribution in [0, 0.1) is 5.41 Å². The standard InChI is InChI=1S/C11H17NO2/c1-9(10-3-4-13-5-10)12-6-11(2)7-14-8-11/h3-5,9,12H,6-8H2,1-2H3. The minimum Gasteiger partial charge on any atom is -0.472 e. The molecular weight excluding hydrogens is 178 g/mol. The summed E-state index contributed by atoms with van der Waals surface area (Å²) in [6.07, 6.45) is 3.50. The Bertz CT molecular complexity index is 277. The SMILES string of the molecule is CC(NCC1(C)COC1)c1ccoc1. The first-order chi connectivity index (χ1) is 6.70. The third-order valence-corrected chi connectivity index (χ3v) is 2.78. The molecule has 3 nitrogen and oxygen atoms in total. The van der Waals surface area contributed by atoms with Crippen LogP contribution in [0.15, 0.2) is 23.0 Å². The Labute approximate surface area is 84.4 Å². The highest BCUT2D eigenvalue weighted by Crippen LogP contribution is 2.26. The minimum absolute atomic E-state index is 0.331. The van der Waals surface area contributed by atoms with Gasteiger partial charge in [-0.05, 0) is 13.0 Å². The molecular formula is C11H17NO2. The fourth-order valence-electron chi connectivity index (χ4n) is 1.59. The number of rotatable bonds is 4. The van der Waals surface area contributed by atoms with Crippen LogP contribution >= 0.6 is 0 Å². The average Bonchev–Trinajstić information content (AvgIpc) is 2.63. The van der Waals surface area contributed by atoms with Crippen LogP contribution in [0.5, 0.6) is 0 Å². The maximum absolute atomic E-state index is 5.20. The van der Waals surface area contributed by atoms with Gasteiger partial charge in [-0.15, -0.1) is 0 Å². The van der Waals surface area contributed by atoms with Gasteiger partial charge in [-0.1, -0.05) is 6.92 Å². The summed E-state index contributed by atoms with van der Waals surface area (Å²) < 4.78 is 10.2. The van der Waals surface area contributed by atoms with Crippen molar-refractivity contribution in [3.05, 3.63) is 24.2 Å². The van der Waals surface area contributed by atoms with Crippen molar-refractivity contribution in [2.24, 2.45) is 5.41 Å². The average molecular weight is 195 g/mol. The fourth-order valence-corrected chi connectivity index (χ4v) is 1.59. The highest BCUT2D eigenvalue weighted by Gasteiger charge is 2.33. The van der Waals surface area contributed by atoms with E-state index in [1.807, 2.05) is 6.07 Å². The maximum Gasteiger partial charge on any atom is 0.0950 e. The molecule has 1 saturated heterocycles. The number of furan rings is 1. The zero-order valence-electron chi connectivity index (χ0n) is 8.75. The molecule has 0 aliphatic carbocycles. The molecule has 1 aromatic heterocycles. The third-order valence-electron chi connectivity index (χ3n) is 2.78. The van der Waals surface area contributed by atoms with Crippen molar-refractivity contribution in [1.29, 1.82) is 0 Å². The van der Waals surface area contributed by atoms with Crippen LogP contribution in [-0.2, 0) is 4.74 Å². The van der Waals surface area contributed by atoms with Gasteiger partial charge in [0.1, 0.15) is 0 Å². The molecule has 1 fully saturated rings. The van der Waals surface area contributed by atoms with Crippen molar-refractivity contribution in [1.82, 2.24) is 5.32 Å². The summed E-state index contributed by atoms with van der Waals surface area (Å²) in [4.78, 5) is 0. The van der Waals surface area contributed by atoms with Gasteiger partial charge in [0, 0.05) is 23.6 Å². The van der Waals surface area contributed by atoms with Crippen molar-refractivity contribution in [3.63, 3.8) is 0 Å². The Morgan fingerprint density at radius 1 is 1.57 bits per heavy atom. The zero-order valence-corrected chi connectivity index (χ0v) is 8.75. The lowest BCUT2D eigenvalue weighted by Crippen LogP contribution is -2.47. The molecule has 1 atom stereocenters. The van der Waals surface area contributed by atoms with Gasteiger partial charge in [0.2, 0.25) is 0 Å². The molecule has 2 heterocycles. The molecule has 0 bridgehead atoms. The van der Waals surface area contributed by atoms with Crippen molar-refractivity contribution in [3.8, 4) is 0 Å². The molecule has 0 amide bonds. The molecule has 0 radical (unpaired) electrons. The first-order valence-electron chi connectivity index (χ1n) is 5.03. The van der Waals surface area contributed by atoms with Crippen LogP contribution in [0.25, 0.3) is 0 Å². The zero-order chi connectivity index (χ0) is 10.0. The normalized spacial score (nSPS) is 21.6. The second kappa shape index (κ2) is 3.75. The number of nitrogens with one attached hydrogen (secondary N) is 1. The van der Waals surface area contributed by atoms with Gasteiger partial charge < -0.3 is 14.5 Å². The van der Waals surface area contributed by atoms with E-state index in [-0.39, 0.29) is 0 Å². The van der Waals surface area contributed by atoms with Crippen molar-refractivity contribution >= 4 is 0 Å². The van der Waals surface area contributed by atoms with E-state index >= 15 is 0 Å². The second-order valence-electron chi connectivity index (χ2n) is 4.46. The summed E-state index contributed by atoms with van der Waals surface area (Å²) in [7, 11) is 0. The highest BCUT2D eigenvalue weighted by molar-refractivity contribution is 5.10. The minimum atomic E-state index is 0.331. The summed E-state index contributed by atoms with van der Waals surface area (Å²) in [5.41, 5.74) is 1.53. The third kappa shape index (κ3) is 1.99. The van der Waals surface area contributed by atoms with Crippen molar-refractivity contribution in [2.45, 2.75) is 19.9 Å². The Balaban J connectivity index is 1.80. The lowest BCUT2D eigenvalue weighted by atomic mass is 9.88. The van der Waals surface area contributed by atoms with Gasteiger partial charge in [-0.25, -0.2) is 0 Å². The Kier molecular flexibility index (Phi) is 2.61. The monoisotopic (exact) mass is 195 g/mol. The molecule has 1 aliphatic rings. The number of hydrogen-bond acceptors (Lipinski definition) is 3. The van der Waals surface area contributed by atoms with Crippen LogP contribution < -0.4 is 5.32 Å². The summed E-state index contributed by atoms with van der Waals surface area (Å²) in [5, 5.41) is 3.49. The molecule has 2 rings (SSSR count). The van der Waals surface area contributed by atoms with Gasteiger partial charge in [0.05, 0.1) is 25.7 Å². The number of ether oxygens (including phenoxy) is 1. The van der Waals surface area contributed by atoms with Gasteiger partial charge in [0.15, 0.2) is 0 Å². The quantitative estimate of drug-likeness (QED) is 0.797. The summed E-state index contributed by atoms with van der Waals surface area (Å²) >= 11 is 0. The molecule has 0 saturated carbocycles. The predicted molar refractivity (Wildman–Crippen MR) is 54.1 cm³/mol. The Morgan fingerprint density at radius 2 is 2.36 bits per heavy atom. The van der Waals surface area contributed by atoms with Crippen LogP contribution in [0.3, 0.4) is 0 Å². The van der Waals surface area contributed by atoms with Gasteiger partial charge >= 0.3 is 0 Å². The smallest absolute Gasteiger partial charge is 0.0950 e. The lowest BCUT2D eigenvalue weighted by Gasteiger charge is -2.38. The van der Waals surface area contributed by atoms with Crippen molar-refractivity contribution < 1.29 is 9.15 Å². The van der Waals surface area contributed by atoms with Crippen LogP contribution in [-0.4, -0.2) is 19.8 Å². The largest absolute Gasteiger partial charge is 0.472 e. The van der Waals surface area contributed by atoms with E-state index in [1.54, 1.807) is 12.5 Å². The molecule has 14 heavy (non-hydrogen) atoms. The van der Waals surface area contributed by atoms with E-state index < -0.39 is 0 Å². The number of hydrogen-bond donors (Lipinski definition) is 1. The topological polar surface area (TPSA) is 34.4 Å². The second-order valence-corrected chi connectivity index (χ2v) is 4.46. The first kappa shape index (κ1) is 9.74. The Hall–Kier alpha value is -0.800. The fraction of sp³-hybridized carbons (Fsp3) is 0.636. The van der Waals surface area contributed by atoms with Gasteiger partial charge in [-0.3, -0.25) is 0 Å². The van der Waals surface area contributed by atoms with Crippen molar-refractivity contribution in [2.75, 3.05) is 19.8 Å². The molecule has 1 aromatic rings. The molecule has 0 aromatic carbocycles. The molecule has 1 unspecified atom stereocenters. The first-order valence-corrected chi connectivity index (χ1v) is 5.03. The Morgan fingerprint density at radius 3 is 2.86 bits per heavy atom. The van der Waals surface area contributed by atoms with E-state index in [1.165, 1.54) is 5.56 Å². The van der Waals surface area contributed by atoms with E-state index in [0.717, 1.165) is 19.8 Å². The van der Waals surface area contributed by atoms with Crippen LogP contribution in [0.4, 0.5) is 0 Å². The van der Waals surface area contributed by atoms with E-state index in [0.29, 0.717) is 11.5 Å². The van der Waals surface area contributed by atoms with Crippen LogP contribution in [0.1, 0.15) is 25.5 Å². The lowest BCUT2D eigenvalue weighted by molar-refractivity contribution is -0.0999. The molecule has 78 valence electrons. The molecule has 3 heteroatoms. The molecule has 1 aliphatic heterocycles. The summed E-state index contributed by atoms with van der Waals surface area (Å²) in [6, 6.07) is 2.35. The maximum atomic E-state index is 5.20. The highest BCUT2D eigenvalue weighted by atomic mass is 16.5. The van der Waals surface area contributed by atoms with Gasteiger partial charge in [-0.2, -0.15) is 0 Å². The molecule has 1 N–H and O–H groups in total. The van der Waals surface area contributed by atoms with E-state index in [9.17, 15) is 0 Å².